The first-order valence-electron chi connectivity index (χ1n) is 18.3. The molecule has 11 aromatic rings. The zero-order valence-electron chi connectivity index (χ0n) is 29.8. The molecule has 8 aromatic carbocycles. The van der Waals surface area contributed by atoms with Gasteiger partial charge in [0.25, 0.3) is 0 Å². The van der Waals surface area contributed by atoms with Crippen LogP contribution in [0.1, 0.15) is 11.1 Å². The molecule has 0 fully saturated rings. The van der Waals surface area contributed by atoms with Gasteiger partial charge in [-0.15, -0.1) is 34.0 Å². The van der Waals surface area contributed by atoms with Crippen molar-refractivity contribution in [1.82, 2.24) is 0 Å². The first-order valence-corrected chi connectivity index (χ1v) is 20.8. The highest BCUT2D eigenvalue weighted by atomic mass is 32.1. The van der Waals surface area contributed by atoms with Crippen molar-refractivity contribution in [2.45, 2.75) is 13.8 Å². The van der Waals surface area contributed by atoms with Crippen molar-refractivity contribution in [3.8, 4) is 22.3 Å². The Balaban J connectivity index is 1.05. The second kappa shape index (κ2) is 12.4. The van der Waals surface area contributed by atoms with E-state index >= 15 is 0 Å². The van der Waals surface area contributed by atoms with Crippen LogP contribution in [0.5, 0.6) is 0 Å². The standard InChI is InChI=1S/C50H33NS3/c1-30-9-7-10-31(2)50(30)32-17-20-35(21-18-32)51(37-22-24-47-41(27-37)38-13-3-5-15-44(38)52-47)36-12-8-11-33(25-36)34-19-23-46-40(26-34)43-29-48-42(28-49(43)54-46)39-14-4-6-16-45(39)53-48/h3-29H,1-2H3. The van der Waals surface area contributed by atoms with Gasteiger partial charge in [0, 0.05) is 77.6 Å². The first kappa shape index (κ1) is 31.7. The van der Waals surface area contributed by atoms with Gasteiger partial charge < -0.3 is 4.90 Å². The van der Waals surface area contributed by atoms with Crippen molar-refractivity contribution in [2.75, 3.05) is 4.90 Å². The Hall–Kier alpha value is -5.78. The average molecular weight is 744 g/mol. The smallest absolute Gasteiger partial charge is 0.0468 e. The zero-order chi connectivity index (χ0) is 35.9. The molecule has 256 valence electrons. The number of aryl methyl sites for hydroxylation is 2. The molecule has 0 saturated carbocycles. The fraction of sp³-hybridized carbons (Fsp3) is 0.0400. The van der Waals surface area contributed by atoms with E-state index < -0.39 is 0 Å². The molecule has 0 aliphatic carbocycles. The molecule has 0 bridgehead atoms. The van der Waals surface area contributed by atoms with E-state index in [2.05, 4.69) is 183 Å². The summed E-state index contributed by atoms with van der Waals surface area (Å²) in [7, 11) is 0. The largest absolute Gasteiger partial charge is 0.310 e. The minimum Gasteiger partial charge on any atom is -0.310 e. The van der Waals surface area contributed by atoms with E-state index in [-0.39, 0.29) is 0 Å². The van der Waals surface area contributed by atoms with E-state index in [4.69, 9.17) is 0 Å². The predicted octanol–water partition coefficient (Wildman–Crippen LogP) is 16.2. The number of hydrogen-bond acceptors (Lipinski definition) is 4. The van der Waals surface area contributed by atoms with Gasteiger partial charge >= 0.3 is 0 Å². The molecule has 0 amide bonds. The lowest BCUT2D eigenvalue weighted by Crippen LogP contribution is -2.10. The molecule has 0 atom stereocenters. The molecular formula is C50H33NS3. The SMILES string of the molecule is Cc1cccc(C)c1-c1ccc(N(c2cccc(-c3ccc4sc5cc6c(cc5c4c3)sc3ccccc36)c2)c2ccc3sc4ccccc4c3c2)cc1. The van der Waals surface area contributed by atoms with E-state index in [0.717, 1.165) is 17.1 Å². The minimum absolute atomic E-state index is 1.13. The Bertz CT molecular complexity index is 3230. The van der Waals surface area contributed by atoms with Crippen LogP contribution >= 0.6 is 34.0 Å². The molecule has 0 radical (unpaired) electrons. The van der Waals surface area contributed by atoms with Gasteiger partial charge in [-0.2, -0.15) is 0 Å². The average Bonchev–Trinajstić information content (AvgIpc) is 3.88. The third-order valence-corrected chi connectivity index (χ3v) is 14.3. The van der Waals surface area contributed by atoms with Gasteiger partial charge in [-0.25, -0.2) is 0 Å². The Kier molecular flexibility index (Phi) is 7.28. The van der Waals surface area contributed by atoms with Crippen molar-refractivity contribution in [2.24, 2.45) is 0 Å². The fourth-order valence-electron chi connectivity index (χ4n) is 8.35. The van der Waals surface area contributed by atoms with Gasteiger partial charge in [0.05, 0.1) is 0 Å². The van der Waals surface area contributed by atoms with E-state index in [0.29, 0.717) is 0 Å². The van der Waals surface area contributed by atoms with Crippen molar-refractivity contribution in [3.05, 3.63) is 175 Å². The van der Waals surface area contributed by atoms with E-state index in [1.807, 2.05) is 34.0 Å². The normalized spacial score (nSPS) is 11.9. The van der Waals surface area contributed by atoms with Crippen LogP contribution in [0.3, 0.4) is 0 Å². The number of thiophene rings is 3. The quantitative estimate of drug-likeness (QED) is 0.170. The number of benzene rings is 8. The van der Waals surface area contributed by atoms with E-state index in [1.165, 1.54) is 93.9 Å². The van der Waals surface area contributed by atoms with Crippen molar-refractivity contribution in [1.29, 1.82) is 0 Å². The molecule has 0 aliphatic heterocycles. The lowest BCUT2D eigenvalue weighted by molar-refractivity contribution is 1.29. The van der Waals surface area contributed by atoms with Crippen molar-refractivity contribution >= 4 is 112 Å². The highest BCUT2D eigenvalue weighted by Crippen LogP contribution is 2.45. The third-order valence-electron chi connectivity index (χ3n) is 10.9. The maximum atomic E-state index is 2.42. The van der Waals surface area contributed by atoms with Gasteiger partial charge in [-0.05, 0) is 126 Å². The number of fused-ring (bicyclic) bond motifs is 9. The lowest BCUT2D eigenvalue weighted by atomic mass is 9.95. The van der Waals surface area contributed by atoms with Crippen LogP contribution in [0.15, 0.2) is 164 Å². The molecule has 0 aliphatic rings. The van der Waals surface area contributed by atoms with Crippen LogP contribution < -0.4 is 4.90 Å². The minimum atomic E-state index is 1.13. The Morgan fingerprint density at radius 1 is 0.315 bits per heavy atom. The highest BCUT2D eigenvalue weighted by molar-refractivity contribution is 7.27. The summed E-state index contributed by atoms with van der Waals surface area (Å²) < 4.78 is 8.00. The zero-order valence-corrected chi connectivity index (χ0v) is 32.2. The van der Waals surface area contributed by atoms with Crippen LogP contribution in [0, 0.1) is 13.8 Å². The van der Waals surface area contributed by atoms with Gasteiger partial charge in [-0.3, -0.25) is 0 Å². The Morgan fingerprint density at radius 3 is 1.50 bits per heavy atom. The van der Waals surface area contributed by atoms with Crippen LogP contribution in [0.2, 0.25) is 0 Å². The second-order valence-electron chi connectivity index (χ2n) is 14.2. The molecular weight excluding hydrogens is 711 g/mol. The Morgan fingerprint density at radius 2 is 0.796 bits per heavy atom. The van der Waals surface area contributed by atoms with Crippen molar-refractivity contribution in [3.63, 3.8) is 0 Å². The molecule has 0 N–H and O–H groups in total. The second-order valence-corrected chi connectivity index (χ2v) is 17.5. The fourth-order valence-corrected chi connectivity index (χ4v) is 11.7. The summed E-state index contributed by atoms with van der Waals surface area (Å²) in [4.78, 5) is 2.42. The van der Waals surface area contributed by atoms with Gasteiger partial charge in [0.15, 0.2) is 0 Å². The molecule has 54 heavy (non-hydrogen) atoms. The van der Waals surface area contributed by atoms with Crippen LogP contribution in [0.4, 0.5) is 17.1 Å². The summed E-state index contributed by atoms with van der Waals surface area (Å²) in [6, 6.07) is 61.0. The van der Waals surface area contributed by atoms with E-state index in [1.54, 1.807) is 0 Å². The summed E-state index contributed by atoms with van der Waals surface area (Å²) in [5.74, 6) is 0. The summed E-state index contributed by atoms with van der Waals surface area (Å²) in [5, 5.41) is 7.98. The number of nitrogens with zero attached hydrogens (tertiary/aromatic N) is 1. The predicted molar refractivity (Wildman–Crippen MR) is 240 cm³/mol. The molecule has 4 heteroatoms. The van der Waals surface area contributed by atoms with Crippen molar-refractivity contribution < 1.29 is 0 Å². The van der Waals surface area contributed by atoms with Gasteiger partial charge in [0.1, 0.15) is 0 Å². The maximum Gasteiger partial charge on any atom is 0.0468 e. The lowest BCUT2D eigenvalue weighted by Gasteiger charge is -2.26. The van der Waals surface area contributed by atoms with Crippen LogP contribution in [-0.4, -0.2) is 0 Å². The molecule has 0 saturated heterocycles. The van der Waals surface area contributed by atoms with Crippen LogP contribution in [-0.2, 0) is 0 Å². The summed E-state index contributed by atoms with van der Waals surface area (Å²) in [5.41, 5.74) is 11.0. The summed E-state index contributed by atoms with van der Waals surface area (Å²) in [6.07, 6.45) is 0. The first-order chi connectivity index (χ1) is 26.6. The number of hydrogen-bond donors (Lipinski definition) is 0. The topological polar surface area (TPSA) is 3.24 Å². The van der Waals surface area contributed by atoms with Crippen LogP contribution in [0.25, 0.3) is 82.8 Å². The number of rotatable bonds is 5. The molecule has 3 aromatic heterocycles. The third kappa shape index (κ3) is 5.09. The molecule has 0 spiro atoms. The van der Waals surface area contributed by atoms with E-state index in [9.17, 15) is 0 Å². The van der Waals surface area contributed by atoms with Gasteiger partial charge in [0.2, 0.25) is 0 Å². The summed E-state index contributed by atoms with van der Waals surface area (Å²) in [6.45, 7) is 4.41. The number of anilines is 3. The summed E-state index contributed by atoms with van der Waals surface area (Å²) >= 11 is 5.65. The maximum absolute atomic E-state index is 2.42. The Labute approximate surface area is 325 Å². The highest BCUT2D eigenvalue weighted by Gasteiger charge is 2.18. The molecule has 1 nitrogen and oxygen atoms in total. The molecule has 0 unspecified atom stereocenters. The molecule has 11 rings (SSSR count). The monoisotopic (exact) mass is 743 g/mol. The van der Waals surface area contributed by atoms with Gasteiger partial charge in [-0.1, -0.05) is 84.9 Å². The molecule has 3 heterocycles.